The lowest BCUT2D eigenvalue weighted by Gasteiger charge is -2.09. The monoisotopic (exact) mass is 251 g/mol. The largest absolute Gasteiger partial charge is 0.399 e. The zero-order chi connectivity index (χ0) is 11.7. The van der Waals surface area contributed by atoms with E-state index in [9.17, 15) is 0 Å². The van der Waals surface area contributed by atoms with Crippen molar-refractivity contribution in [3.05, 3.63) is 30.0 Å². The SMILES string of the molecule is Cc1nc(N)nc(N)c1-c1ccc(N)cc1.Cl. The van der Waals surface area contributed by atoms with E-state index in [4.69, 9.17) is 17.2 Å². The van der Waals surface area contributed by atoms with Gasteiger partial charge in [-0.15, -0.1) is 12.4 Å². The van der Waals surface area contributed by atoms with Crippen molar-refractivity contribution < 1.29 is 0 Å². The maximum Gasteiger partial charge on any atom is 0.222 e. The number of benzene rings is 1. The molecule has 0 aliphatic rings. The van der Waals surface area contributed by atoms with Crippen LogP contribution in [0.2, 0.25) is 0 Å². The van der Waals surface area contributed by atoms with Gasteiger partial charge in [-0.05, 0) is 24.6 Å². The number of aromatic nitrogens is 2. The molecule has 90 valence electrons. The molecule has 2 rings (SSSR count). The molecule has 0 spiro atoms. The molecule has 0 fully saturated rings. The molecule has 0 bridgehead atoms. The van der Waals surface area contributed by atoms with E-state index in [1.54, 1.807) is 0 Å². The number of halogens is 1. The van der Waals surface area contributed by atoms with Crippen LogP contribution in [0.3, 0.4) is 0 Å². The van der Waals surface area contributed by atoms with Gasteiger partial charge in [-0.3, -0.25) is 0 Å². The average molecular weight is 252 g/mol. The minimum atomic E-state index is 0. The average Bonchev–Trinajstić information content (AvgIpc) is 2.19. The van der Waals surface area contributed by atoms with Crippen molar-refractivity contribution in [1.29, 1.82) is 0 Å². The molecule has 1 heterocycles. The quantitative estimate of drug-likeness (QED) is 0.668. The Bertz CT molecular complexity index is 501. The van der Waals surface area contributed by atoms with Gasteiger partial charge in [0.25, 0.3) is 0 Å². The summed E-state index contributed by atoms with van der Waals surface area (Å²) in [6.45, 7) is 1.85. The minimum absolute atomic E-state index is 0. The number of rotatable bonds is 1. The van der Waals surface area contributed by atoms with Crippen molar-refractivity contribution in [3.8, 4) is 11.1 Å². The first-order chi connectivity index (χ1) is 7.58. The first kappa shape index (κ1) is 13.1. The molecule has 6 heteroatoms. The lowest BCUT2D eigenvalue weighted by atomic mass is 10.0. The Labute approximate surface area is 105 Å². The van der Waals surface area contributed by atoms with Crippen molar-refractivity contribution >= 4 is 29.9 Å². The van der Waals surface area contributed by atoms with Crippen LogP contribution in [-0.4, -0.2) is 9.97 Å². The summed E-state index contributed by atoms with van der Waals surface area (Å²) in [5.41, 5.74) is 20.2. The van der Waals surface area contributed by atoms with Crippen LogP contribution in [0, 0.1) is 6.92 Å². The molecule has 0 radical (unpaired) electrons. The molecule has 5 nitrogen and oxygen atoms in total. The van der Waals surface area contributed by atoms with Gasteiger partial charge in [0.1, 0.15) is 5.82 Å². The molecule has 0 amide bonds. The Hall–Kier alpha value is -2.01. The highest BCUT2D eigenvalue weighted by Gasteiger charge is 2.09. The van der Waals surface area contributed by atoms with Gasteiger partial charge >= 0.3 is 0 Å². The molecule has 1 aromatic heterocycles. The molecule has 0 unspecified atom stereocenters. The normalized spacial score (nSPS) is 9.71. The van der Waals surface area contributed by atoms with Gasteiger partial charge in [0.2, 0.25) is 5.95 Å². The number of nitrogens with two attached hydrogens (primary N) is 3. The summed E-state index contributed by atoms with van der Waals surface area (Å²) >= 11 is 0. The second-order valence-electron chi connectivity index (χ2n) is 3.55. The molecule has 1 aromatic carbocycles. The highest BCUT2D eigenvalue weighted by Crippen LogP contribution is 2.28. The summed E-state index contributed by atoms with van der Waals surface area (Å²) in [5, 5.41) is 0. The van der Waals surface area contributed by atoms with E-state index in [2.05, 4.69) is 9.97 Å². The molecule has 0 atom stereocenters. The summed E-state index contributed by atoms with van der Waals surface area (Å²) < 4.78 is 0. The summed E-state index contributed by atoms with van der Waals surface area (Å²) in [5.74, 6) is 0.573. The van der Waals surface area contributed by atoms with Crippen molar-refractivity contribution in [3.63, 3.8) is 0 Å². The zero-order valence-corrected chi connectivity index (χ0v) is 10.2. The lowest BCUT2D eigenvalue weighted by molar-refractivity contribution is 1.13. The second kappa shape index (κ2) is 4.88. The fourth-order valence-electron chi connectivity index (χ4n) is 1.62. The summed E-state index contributed by atoms with van der Waals surface area (Å²) in [4.78, 5) is 8.04. The van der Waals surface area contributed by atoms with E-state index in [-0.39, 0.29) is 18.4 Å². The Morgan fingerprint density at radius 3 is 2.06 bits per heavy atom. The fourth-order valence-corrected chi connectivity index (χ4v) is 1.62. The predicted molar refractivity (Wildman–Crippen MR) is 72.7 cm³/mol. The van der Waals surface area contributed by atoms with Crippen molar-refractivity contribution in [1.82, 2.24) is 9.97 Å². The first-order valence-electron chi connectivity index (χ1n) is 4.83. The highest BCUT2D eigenvalue weighted by molar-refractivity contribution is 5.85. The molecule has 6 N–H and O–H groups in total. The van der Waals surface area contributed by atoms with Gasteiger partial charge in [-0.1, -0.05) is 12.1 Å². The van der Waals surface area contributed by atoms with Crippen LogP contribution < -0.4 is 17.2 Å². The van der Waals surface area contributed by atoms with Gasteiger partial charge in [0.15, 0.2) is 0 Å². The van der Waals surface area contributed by atoms with Crippen LogP contribution >= 0.6 is 12.4 Å². The standard InChI is InChI=1S/C11H13N5.ClH/c1-6-9(10(13)16-11(14)15-6)7-2-4-8(12)5-3-7;/h2-5H,12H2,1H3,(H4,13,14,15,16);1H. The van der Waals surface area contributed by atoms with E-state index in [1.807, 2.05) is 31.2 Å². The second-order valence-corrected chi connectivity index (χ2v) is 3.55. The molecule has 0 aliphatic carbocycles. The van der Waals surface area contributed by atoms with Gasteiger partial charge in [-0.2, -0.15) is 4.98 Å². The van der Waals surface area contributed by atoms with Gasteiger partial charge in [0, 0.05) is 11.3 Å². The third-order valence-corrected chi connectivity index (χ3v) is 2.33. The number of hydrogen-bond donors (Lipinski definition) is 3. The third-order valence-electron chi connectivity index (χ3n) is 2.33. The smallest absolute Gasteiger partial charge is 0.222 e. The lowest BCUT2D eigenvalue weighted by Crippen LogP contribution is -2.04. The molecular weight excluding hydrogens is 238 g/mol. The summed E-state index contributed by atoms with van der Waals surface area (Å²) in [6, 6.07) is 7.39. The van der Waals surface area contributed by atoms with Crippen LogP contribution in [0.15, 0.2) is 24.3 Å². The first-order valence-corrected chi connectivity index (χ1v) is 4.83. The Morgan fingerprint density at radius 2 is 1.53 bits per heavy atom. The number of hydrogen-bond acceptors (Lipinski definition) is 5. The number of aryl methyl sites for hydroxylation is 1. The number of anilines is 3. The van der Waals surface area contributed by atoms with Crippen LogP contribution in [0.4, 0.5) is 17.5 Å². The van der Waals surface area contributed by atoms with E-state index >= 15 is 0 Å². The maximum absolute atomic E-state index is 5.83. The Balaban J connectivity index is 0.00000144. The number of nitrogen functional groups attached to an aromatic ring is 3. The van der Waals surface area contributed by atoms with Gasteiger partial charge < -0.3 is 17.2 Å². The molecule has 0 saturated carbocycles. The zero-order valence-electron chi connectivity index (χ0n) is 9.34. The third kappa shape index (κ3) is 2.57. The van der Waals surface area contributed by atoms with E-state index in [0.29, 0.717) is 11.5 Å². The molecule has 0 saturated heterocycles. The van der Waals surface area contributed by atoms with Gasteiger partial charge in [0.05, 0.1) is 5.69 Å². The maximum atomic E-state index is 5.83. The van der Waals surface area contributed by atoms with Crippen LogP contribution in [0.25, 0.3) is 11.1 Å². The van der Waals surface area contributed by atoms with Crippen LogP contribution in [0.5, 0.6) is 0 Å². The predicted octanol–water partition coefficient (Wildman–Crippen LogP) is 1.62. The van der Waals surface area contributed by atoms with Crippen molar-refractivity contribution in [2.24, 2.45) is 0 Å². The van der Waals surface area contributed by atoms with Crippen LogP contribution in [0.1, 0.15) is 5.69 Å². The van der Waals surface area contributed by atoms with Crippen molar-refractivity contribution in [2.45, 2.75) is 6.92 Å². The van der Waals surface area contributed by atoms with E-state index in [1.165, 1.54) is 0 Å². The summed E-state index contributed by atoms with van der Waals surface area (Å²) in [7, 11) is 0. The Kier molecular flexibility index (Phi) is 3.75. The molecule has 0 aliphatic heterocycles. The highest BCUT2D eigenvalue weighted by atomic mass is 35.5. The summed E-state index contributed by atoms with van der Waals surface area (Å²) in [6.07, 6.45) is 0. The molecular formula is C11H14ClN5. The van der Waals surface area contributed by atoms with Gasteiger partial charge in [-0.25, -0.2) is 4.98 Å². The minimum Gasteiger partial charge on any atom is -0.399 e. The van der Waals surface area contributed by atoms with Crippen LogP contribution in [-0.2, 0) is 0 Å². The molecule has 17 heavy (non-hydrogen) atoms. The topological polar surface area (TPSA) is 104 Å². The Morgan fingerprint density at radius 1 is 0.941 bits per heavy atom. The van der Waals surface area contributed by atoms with E-state index in [0.717, 1.165) is 16.8 Å². The fraction of sp³-hybridized carbons (Fsp3) is 0.0909. The van der Waals surface area contributed by atoms with E-state index < -0.39 is 0 Å². The molecule has 2 aromatic rings. The number of nitrogens with zero attached hydrogens (tertiary/aromatic N) is 2. The van der Waals surface area contributed by atoms with Crippen molar-refractivity contribution in [2.75, 3.05) is 17.2 Å².